The highest BCUT2D eigenvalue weighted by molar-refractivity contribution is 5.99. The molecule has 2 atom stereocenters. The number of hydrogen-bond donors (Lipinski definition) is 4. The van der Waals surface area contributed by atoms with E-state index in [1.54, 1.807) is 48.9 Å². The number of furan rings is 1. The zero-order valence-electron chi connectivity index (χ0n) is 21.4. The SMILES string of the molecule is O=C(N[C@H](C(=O)O)[C@H](O)c1ccc(-c2nn[nH]n2)cc1)c1ccc2c(c1)nc(-c1ccoc1)n2C1CCCCC1. The van der Waals surface area contributed by atoms with Gasteiger partial charge in [-0.2, -0.15) is 5.21 Å². The average Bonchev–Trinajstić information content (AvgIpc) is 3.77. The number of carbonyl (C=O) groups is 2. The molecule has 0 saturated heterocycles. The van der Waals surface area contributed by atoms with Gasteiger partial charge < -0.3 is 24.5 Å². The van der Waals surface area contributed by atoms with E-state index in [-0.39, 0.29) is 5.56 Å². The number of nitrogens with zero attached hydrogens (tertiary/aromatic N) is 5. The van der Waals surface area contributed by atoms with Gasteiger partial charge in [0.15, 0.2) is 6.04 Å². The van der Waals surface area contributed by atoms with Crippen LogP contribution in [-0.2, 0) is 4.79 Å². The minimum absolute atomic E-state index is 0.241. The molecule has 204 valence electrons. The summed E-state index contributed by atoms with van der Waals surface area (Å²) in [5.41, 5.74) is 3.57. The van der Waals surface area contributed by atoms with Crippen molar-refractivity contribution in [1.29, 1.82) is 0 Å². The Kier molecular flexibility index (Phi) is 6.83. The van der Waals surface area contributed by atoms with Gasteiger partial charge in [0.2, 0.25) is 5.82 Å². The second kappa shape index (κ2) is 10.7. The Bertz CT molecular complexity index is 1620. The van der Waals surface area contributed by atoms with E-state index in [1.807, 2.05) is 12.1 Å². The Morgan fingerprint density at radius 1 is 1.05 bits per heavy atom. The highest BCUT2D eigenvalue weighted by atomic mass is 16.4. The van der Waals surface area contributed by atoms with Crippen molar-refractivity contribution in [3.05, 3.63) is 72.2 Å². The van der Waals surface area contributed by atoms with Crippen LogP contribution in [0.3, 0.4) is 0 Å². The lowest BCUT2D eigenvalue weighted by atomic mass is 9.95. The molecule has 3 heterocycles. The fraction of sp³-hybridized carbons (Fsp3) is 0.286. The lowest BCUT2D eigenvalue weighted by Gasteiger charge is -2.25. The molecule has 2 aromatic carbocycles. The number of imidazole rings is 1. The fourth-order valence-electron chi connectivity index (χ4n) is 5.35. The molecule has 40 heavy (non-hydrogen) atoms. The number of aromatic amines is 1. The van der Waals surface area contributed by atoms with Crippen molar-refractivity contribution < 1.29 is 24.2 Å². The molecule has 0 spiro atoms. The third-order valence-electron chi connectivity index (χ3n) is 7.40. The Hall–Kier alpha value is -4.84. The summed E-state index contributed by atoms with van der Waals surface area (Å²) in [4.78, 5) is 30.1. The van der Waals surface area contributed by atoms with Crippen LogP contribution in [0.25, 0.3) is 33.8 Å². The molecule has 5 aromatic rings. The van der Waals surface area contributed by atoms with Crippen LogP contribution in [0, 0.1) is 0 Å². The first-order valence-electron chi connectivity index (χ1n) is 13.1. The standard InChI is InChI=1S/C28H27N7O5/c36-24(16-6-8-17(9-7-16)25-31-33-34-32-25)23(28(38)39)30-27(37)18-10-11-22-21(14-18)29-26(19-12-13-40-15-19)35(22)20-4-2-1-3-5-20/h6-15,20,23-24,36H,1-5H2,(H,30,37)(H,38,39)(H,31,32,33,34)/t23-,24+/m0/s1. The number of amides is 1. The topological polar surface area (TPSA) is 172 Å². The van der Waals surface area contributed by atoms with Gasteiger partial charge in [-0.25, -0.2) is 9.78 Å². The highest BCUT2D eigenvalue weighted by Crippen LogP contribution is 2.36. The van der Waals surface area contributed by atoms with Crippen molar-refractivity contribution in [2.24, 2.45) is 0 Å². The Morgan fingerprint density at radius 2 is 1.85 bits per heavy atom. The van der Waals surface area contributed by atoms with Gasteiger partial charge >= 0.3 is 5.97 Å². The number of H-pyrrole nitrogens is 1. The zero-order chi connectivity index (χ0) is 27.6. The predicted octanol–water partition coefficient (Wildman–Crippen LogP) is 3.90. The number of benzene rings is 2. The van der Waals surface area contributed by atoms with Gasteiger partial charge in [0.1, 0.15) is 18.2 Å². The van der Waals surface area contributed by atoms with Gasteiger partial charge in [-0.3, -0.25) is 4.79 Å². The highest BCUT2D eigenvalue weighted by Gasteiger charge is 2.30. The molecule has 0 unspecified atom stereocenters. The number of carbonyl (C=O) groups excluding carboxylic acids is 1. The summed E-state index contributed by atoms with van der Waals surface area (Å²) < 4.78 is 7.54. The largest absolute Gasteiger partial charge is 0.480 e. The van der Waals surface area contributed by atoms with E-state index in [4.69, 9.17) is 9.40 Å². The molecule has 1 aliphatic carbocycles. The van der Waals surface area contributed by atoms with Crippen molar-refractivity contribution in [1.82, 2.24) is 35.5 Å². The summed E-state index contributed by atoms with van der Waals surface area (Å²) in [6.07, 6.45) is 7.37. The monoisotopic (exact) mass is 541 g/mol. The molecular formula is C28H27N7O5. The molecular weight excluding hydrogens is 514 g/mol. The maximum atomic E-state index is 13.2. The van der Waals surface area contributed by atoms with E-state index in [9.17, 15) is 19.8 Å². The number of carboxylic acids is 1. The third-order valence-corrected chi connectivity index (χ3v) is 7.40. The molecule has 0 aliphatic heterocycles. The van der Waals surface area contributed by atoms with Gasteiger partial charge in [0.25, 0.3) is 5.91 Å². The number of carboxylic acid groups (broad SMARTS) is 1. The van der Waals surface area contributed by atoms with Crippen LogP contribution < -0.4 is 5.32 Å². The van der Waals surface area contributed by atoms with Crippen molar-refractivity contribution in [2.75, 3.05) is 0 Å². The first-order valence-corrected chi connectivity index (χ1v) is 13.1. The van der Waals surface area contributed by atoms with Crippen molar-refractivity contribution in [3.8, 4) is 22.8 Å². The molecule has 1 aliphatic rings. The number of aliphatic carboxylic acids is 1. The molecule has 6 rings (SSSR count). The maximum absolute atomic E-state index is 13.2. The minimum Gasteiger partial charge on any atom is -0.480 e. The third kappa shape index (κ3) is 4.84. The van der Waals surface area contributed by atoms with Crippen LogP contribution in [0.15, 0.2) is 65.5 Å². The van der Waals surface area contributed by atoms with Crippen LogP contribution in [-0.4, -0.2) is 58.3 Å². The maximum Gasteiger partial charge on any atom is 0.329 e. The number of nitrogens with one attached hydrogen (secondary N) is 2. The quantitative estimate of drug-likeness (QED) is 0.227. The molecule has 1 amide bonds. The van der Waals surface area contributed by atoms with Gasteiger partial charge in [0.05, 0.1) is 22.9 Å². The van der Waals surface area contributed by atoms with E-state index >= 15 is 0 Å². The summed E-state index contributed by atoms with van der Waals surface area (Å²) >= 11 is 0. The van der Waals surface area contributed by atoms with Crippen LogP contribution in [0.1, 0.15) is 60.2 Å². The Labute approximate surface area is 228 Å². The van der Waals surface area contributed by atoms with Crippen LogP contribution in [0.2, 0.25) is 0 Å². The molecule has 0 radical (unpaired) electrons. The number of rotatable bonds is 8. The minimum atomic E-state index is -1.58. The lowest BCUT2D eigenvalue weighted by molar-refractivity contribution is -0.142. The van der Waals surface area contributed by atoms with Crippen LogP contribution in [0.4, 0.5) is 0 Å². The van der Waals surface area contributed by atoms with Gasteiger partial charge in [-0.15, -0.1) is 10.2 Å². The van der Waals surface area contributed by atoms with Gasteiger partial charge in [-0.1, -0.05) is 43.5 Å². The van der Waals surface area contributed by atoms with Crippen molar-refractivity contribution in [3.63, 3.8) is 0 Å². The van der Waals surface area contributed by atoms with E-state index in [0.29, 0.717) is 28.5 Å². The van der Waals surface area contributed by atoms with E-state index in [0.717, 1.165) is 42.6 Å². The fourth-order valence-corrected chi connectivity index (χ4v) is 5.35. The average molecular weight is 542 g/mol. The number of tetrazole rings is 1. The number of aromatic nitrogens is 6. The normalized spacial score (nSPS) is 15.6. The Morgan fingerprint density at radius 3 is 2.52 bits per heavy atom. The van der Waals surface area contributed by atoms with Gasteiger partial charge in [-0.05, 0) is 47.9 Å². The predicted molar refractivity (Wildman–Crippen MR) is 143 cm³/mol. The van der Waals surface area contributed by atoms with Gasteiger partial charge in [0, 0.05) is 17.2 Å². The molecule has 4 N–H and O–H groups in total. The zero-order valence-corrected chi connectivity index (χ0v) is 21.4. The molecule has 3 aromatic heterocycles. The number of fused-ring (bicyclic) bond motifs is 1. The second-order valence-corrected chi connectivity index (χ2v) is 9.90. The molecule has 12 nitrogen and oxygen atoms in total. The molecule has 0 bridgehead atoms. The van der Waals surface area contributed by atoms with Crippen molar-refractivity contribution >= 4 is 22.9 Å². The van der Waals surface area contributed by atoms with E-state index in [2.05, 4.69) is 30.5 Å². The first-order chi connectivity index (χ1) is 19.5. The smallest absolute Gasteiger partial charge is 0.329 e. The van der Waals surface area contributed by atoms with Crippen LogP contribution in [0.5, 0.6) is 0 Å². The number of hydrogen-bond acceptors (Lipinski definition) is 8. The first kappa shape index (κ1) is 25.4. The summed E-state index contributed by atoms with van der Waals surface area (Å²) in [6.45, 7) is 0. The molecule has 12 heteroatoms. The van der Waals surface area contributed by atoms with Crippen molar-refractivity contribution in [2.45, 2.75) is 50.3 Å². The molecule has 1 saturated carbocycles. The number of aliphatic hydroxyl groups is 1. The lowest BCUT2D eigenvalue weighted by Crippen LogP contribution is -2.45. The van der Waals surface area contributed by atoms with E-state index < -0.39 is 24.0 Å². The summed E-state index contributed by atoms with van der Waals surface area (Å²) in [5.74, 6) is -0.862. The number of aliphatic hydroxyl groups excluding tert-OH is 1. The van der Waals surface area contributed by atoms with Crippen LogP contribution >= 0.6 is 0 Å². The second-order valence-electron chi connectivity index (χ2n) is 9.90. The summed E-state index contributed by atoms with van der Waals surface area (Å²) in [5, 5.41) is 36.8. The summed E-state index contributed by atoms with van der Waals surface area (Å²) in [7, 11) is 0. The van der Waals surface area contributed by atoms with E-state index in [1.165, 1.54) is 6.42 Å². The molecule has 1 fully saturated rings. The summed E-state index contributed by atoms with van der Waals surface area (Å²) in [6, 6.07) is 12.1. The Balaban J connectivity index is 1.26.